The number of nitrogens with one attached hydrogen (secondary N) is 2. The van der Waals surface area contributed by atoms with E-state index in [1.807, 2.05) is 0 Å². The summed E-state index contributed by atoms with van der Waals surface area (Å²) < 4.78 is 24.4. The second-order valence-corrected chi connectivity index (χ2v) is 6.37. The molecule has 0 saturated heterocycles. The molecule has 0 radical (unpaired) electrons. The van der Waals surface area contributed by atoms with Crippen molar-refractivity contribution in [1.29, 1.82) is 0 Å². The second kappa shape index (κ2) is 8.26. The zero-order chi connectivity index (χ0) is 19.4. The molecule has 3 rings (SSSR count). The molecule has 0 spiro atoms. The molecule has 27 heavy (non-hydrogen) atoms. The van der Waals surface area contributed by atoms with E-state index in [-0.39, 0.29) is 24.6 Å². The predicted octanol–water partition coefficient (Wildman–Crippen LogP) is 2.72. The Hall–Kier alpha value is -2.80. The first-order valence-electron chi connectivity index (χ1n) is 8.37. The fourth-order valence-electron chi connectivity index (χ4n) is 2.53. The standard InChI is InChI=1S/C19H18ClFN2O4/c1-11-2-3-12(9-15(11)21)18(24)22-4-5-23-19(25)13-8-14(20)17-16(10-13)26-6-7-27-17/h2-3,8-10H,4-7H2,1H3,(H,22,24)(H,23,25). The van der Waals surface area contributed by atoms with Gasteiger partial charge in [0.2, 0.25) is 0 Å². The fraction of sp³-hybridized carbons (Fsp3) is 0.263. The number of aryl methyl sites for hydroxylation is 1. The van der Waals surface area contributed by atoms with Crippen LogP contribution in [0.2, 0.25) is 5.02 Å². The largest absolute Gasteiger partial charge is 0.486 e. The third-order valence-corrected chi connectivity index (χ3v) is 4.27. The number of halogens is 2. The number of carbonyl (C=O) groups excluding carboxylic acids is 2. The Morgan fingerprint density at radius 3 is 2.41 bits per heavy atom. The number of benzene rings is 2. The number of carbonyl (C=O) groups is 2. The first-order chi connectivity index (χ1) is 13.0. The van der Waals surface area contributed by atoms with Gasteiger partial charge in [-0.1, -0.05) is 17.7 Å². The smallest absolute Gasteiger partial charge is 0.251 e. The first-order valence-corrected chi connectivity index (χ1v) is 8.75. The number of fused-ring (bicyclic) bond motifs is 1. The molecule has 8 heteroatoms. The molecule has 2 amide bonds. The van der Waals surface area contributed by atoms with E-state index in [2.05, 4.69) is 10.6 Å². The van der Waals surface area contributed by atoms with E-state index in [0.717, 1.165) is 0 Å². The maximum Gasteiger partial charge on any atom is 0.251 e. The van der Waals surface area contributed by atoms with Gasteiger partial charge in [0.05, 0.1) is 5.02 Å². The van der Waals surface area contributed by atoms with Crippen LogP contribution in [0.3, 0.4) is 0 Å². The van der Waals surface area contributed by atoms with Crippen molar-refractivity contribution in [3.8, 4) is 11.5 Å². The summed E-state index contributed by atoms with van der Waals surface area (Å²) in [6.07, 6.45) is 0. The number of ether oxygens (including phenoxy) is 2. The molecule has 2 aromatic carbocycles. The molecule has 0 aliphatic carbocycles. The van der Waals surface area contributed by atoms with Gasteiger partial charge in [-0.25, -0.2) is 4.39 Å². The average Bonchev–Trinajstić information content (AvgIpc) is 2.67. The minimum atomic E-state index is -0.438. The van der Waals surface area contributed by atoms with Gasteiger partial charge in [-0.3, -0.25) is 9.59 Å². The lowest BCUT2D eigenvalue weighted by Gasteiger charge is -2.20. The summed E-state index contributed by atoms with van der Waals surface area (Å²) >= 11 is 6.11. The van der Waals surface area contributed by atoms with Crippen LogP contribution in [0.25, 0.3) is 0 Å². The van der Waals surface area contributed by atoms with Gasteiger partial charge in [-0.05, 0) is 36.8 Å². The molecular weight excluding hydrogens is 375 g/mol. The van der Waals surface area contributed by atoms with Gasteiger partial charge in [-0.2, -0.15) is 0 Å². The van der Waals surface area contributed by atoms with Crippen LogP contribution in [0.5, 0.6) is 11.5 Å². The number of amides is 2. The van der Waals surface area contributed by atoms with Crippen molar-refractivity contribution < 1.29 is 23.5 Å². The number of hydrogen-bond acceptors (Lipinski definition) is 4. The molecule has 0 bridgehead atoms. The van der Waals surface area contributed by atoms with Crippen molar-refractivity contribution in [2.45, 2.75) is 6.92 Å². The number of rotatable bonds is 5. The molecule has 142 valence electrons. The molecule has 2 N–H and O–H groups in total. The van der Waals surface area contributed by atoms with Crippen LogP contribution in [0, 0.1) is 12.7 Å². The van der Waals surface area contributed by atoms with E-state index < -0.39 is 11.7 Å². The van der Waals surface area contributed by atoms with Gasteiger partial charge in [0.15, 0.2) is 11.5 Å². The Labute approximate surface area is 160 Å². The van der Waals surface area contributed by atoms with E-state index in [1.165, 1.54) is 18.2 Å². The summed E-state index contributed by atoms with van der Waals surface area (Å²) in [7, 11) is 0. The maximum absolute atomic E-state index is 13.5. The first kappa shape index (κ1) is 19.0. The average molecular weight is 393 g/mol. The lowest BCUT2D eigenvalue weighted by atomic mass is 10.1. The molecule has 2 aromatic rings. The van der Waals surface area contributed by atoms with Gasteiger partial charge in [0.25, 0.3) is 11.8 Å². The Bertz CT molecular complexity index is 888. The topological polar surface area (TPSA) is 76.7 Å². The van der Waals surface area contributed by atoms with E-state index in [0.29, 0.717) is 40.9 Å². The van der Waals surface area contributed by atoms with Crippen molar-refractivity contribution in [1.82, 2.24) is 10.6 Å². The van der Waals surface area contributed by atoms with Crippen molar-refractivity contribution >= 4 is 23.4 Å². The molecule has 6 nitrogen and oxygen atoms in total. The molecule has 0 atom stereocenters. The van der Waals surface area contributed by atoms with Crippen LogP contribution < -0.4 is 20.1 Å². The summed E-state index contributed by atoms with van der Waals surface area (Å²) in [6, 6.07) is 7.32. The van der Waals surface area contributed by atoms with E-state index in [9.17, 15) is 14.0 Å². The third kappa shape index (κ3) is 4.49. The molecular formula is C19H18ClFN2O4. The quantitative estimate of drug-likeness (QED) is 0.767. The van der Waals surface area contributed by atoms with Crippen molar-refractivity contribution in [2.75, 3.05) is 26.3 Å². The minimum Gasteiger partial charge on any atom is -0.486 e. The summed E-state index contributed by atoms with van der Waals surface area (Å²) in [5, 5.41) is 5.60. The van der Waals surface area contributed by atoms with Gasteiger partial charge in [0.1, 0.15) is 19.0 Å². The van der Waals surface area contributed by atoms with E-state index >= 15 is 0 Å². The zero-order valence-corrected chi connectivity index (χ0v) is 15.4. The summed E-state index contributed by atoms with van der Waals surface area (Å²) in [4.78, 5) is 24.2. The highest BCUT2D eigenvalue weighted by atomic mass is 35.5. The van der Waals surface area contributed by atoms with E-state index in [4.69, 9.17) is 21.1 Å². The monoisotopic (exact) mass is 392 g/mol. The summed E-state index contributed by atoms with van der Waals surface area (Å²) in [5.74, 6) is -0.355. The molecule has 0 unspecified atom stereocenters. The van der Waals surface area contributed by atoms with Gasteiger partial charge in [0, 0.05) is 24.2 Å². The van der Waals surface area contributed by atoms with Crippen molar-refractivity contribution in [3.63, 3.8) is 0 Å². The molecule has 0 saturated carbocycles. The SMILES string of the molecule is Cc1ccc(C(=O)NCCNC(=O)c2cc(Cl)c3c(c2)OCCO3)cc1F. The van der Waals surface area contributed by atoms with Crippen LogP contribution in [0.1, 0.15) is 26.3 Å². The summed E-state index contributed by atoms with van der Waals surface area (Å²) in [5.41, 5.74) is 1.02. The molecule has 0 aromatic heterocycles. The van der Waals surface area contributed by atoms with Crippen molar-refractivity contribution in [3.05, 3.63) is 57.9 Å². The van der Waals surface area contributed by atoms with Gasteiger partial charge >= 0.3 is 0 Å². The highest BCUT2D eigenvalue weighted by molar-refractivity contribution is 6.32. The maximum atomic E-state index is 13.5. The Balaban J connectivity index is 1.52. The lowest BCUT2D eigenvalue weighted by molar-refractivity contribution is 0.0927. The van der Waals surface area contributed by atoms with Gasteiger partial charge < -0.3 is 20.1 Å². The Morgan fingerprint density at radius 1 is 1.04 bits per heavy atom. The normalized spacial score (nSPS) is 12.4. The molecule has 1 aliphatic rings. The third-order valence-electron chi connectivity index (χ3n) is 3.99. The van der Waals surface area contributed by atoms with Crippen LogP contribution in [0.15, 0.2) is 30.3 Å². The van der Waals surface area contributed by atoms with Crippen LogP contribution >= 0.6 is 11.6 Å². The molecule has 1 aliphatic heterocycles. The van der Waals surface area contributed by atoms with Crippen LogP contribution in [-0.4, -0.2) is 38.1 Å². The Kier molecular flexibility index (Phi) is 5.81. The highest BCUT2D eigenvalue weighted by Crippen LogP contribution is 2.38. The zero-order valence-electron chi connectivity index (χ0n) is 14.6. The predicted molar refractivity (Wildman–Crippen MR) is 98.2 cm³/mol. The highest BCUT2D eigenvalue weighted by Gasteiger charge is 2.19. The van der Waals surface area contributed by atoms with E-state index in [1.54, 1.807) is 19.1 Å². The fourth-order valence-corrected chi connectivity index (χ4v) is 2.80. The summed E-state index contributed by atoms with van der Waals surface area (Å²) in [6.45, 7) is 2.81. The number of hydrogen-bond donors (Lipinski definition) is 2. The van der Waals surface area contributed by atoms with Crippen LogP contribution in [0.4, 0.5) is 4.39 Å². The van der Waals surface area contributed by atoms with Gasteiger partial charge in [-0.15, -0.1) is 0 Å². The van der Waals surface area contributed by atoms with Crippen LogP contribution in [-0.2, 0) is 0 Å². The van der Waals surface area contributed by atoms with Crippen molar-refractivity contribution in [2.24, 2.45) is 0 Å². The minimum absolute atomic E-state index is 0.193. The Morgan fingerprint density at radius 2 is 1.70 bits per heavy atom. The molecule has 0 fully saturated rings. The lowest BCUT2D eigenvalue weighted by Crippen LogP contribution is -2.34. The molecule has 1 heterocycles. The second-order valence-electron chi connectivity index (χ2n) is 5.96.